The van der Waals surface area contributed by atoms with Crippen molar-refractivity contribution in [2.75, 3.05) is 0 Å². The fourth-order valence-corrected chi connectivity index (χ4v) is 2.27. The van der Waals surface area contributed by atoms with Gasteiger partial charge in [0.15, 0.2) is 0 Å². The van der Waals surface area contributed by atoms with Crippen LogP contribution < -0.4 is 5.73 Å². The van der Waals surface area contributed by atoms with E-state index < -0.39 is 23.5 Å². The van der Waals surface area contributed by atoms with Crippen LogP contribution in [0.2, 0.25) is 0 Å². The van der Waals surface area contributed by atoms with E-state index in [2.05, 4.69) is 0 Å². The number of ether oxygens (including phenoxy) is 1. The summed E-state index contributed by atoms with van der Waals surface area (Å²) in [5.74, 6) is -2.66. The fourth-order valence-electron chi connectivity index (χ4n) is 2.27. The summed E-state index contributed by atoms with van der Waals surface area (Å²) in [6.07, 6.45) is 0. The Morgan fingerprint density at radius 2 is 1.85 bits per heavy atom. The van der Waals surface area contributed by atoms with Crippen LogP contribution in [0.3, 0.4) is 0 Å². The summed E-state index contributed by atoms with van der Waals surface area (Å²) in [5, 5.41) is 9.30. The number of aliphatic carboxylic acids is 1. The lowest BCUT2D eigenvalue weighted by Crippen LogP contribution is -2.25. The normalized spacial score (nSPS) is 17.9. The Balaban J connectivity index is 2.51. The molecule has 106 valence electrons. The third kappa shape index (κ3) is 2.39. The van der Waals surface area contributed by atoms with E-state index >= 15 is 0 Å². The molecule has 1 aromatic rings. The molecule has 0 amide bonds. The van der Waals surface area contributed by atoms with Crippen LogP contribution in [0.5, 0.6) is 0 Å². The van der Waals surface area contributed by atoms with Crippen LogP contribution in [0.4, 0.5) is 0 Å². The van der Waals surface area contributed by atoms with Gasteiger partial charge in [-0.15, -0.1) is 0 Å². The summed E-state index contributed by atoms with van der Waals surface area (Å²) >= 11 is 0. The lowest BCUT2D eigenvalue weighted by Gasteiger charge is -2.20. The van der Waals surface area contributed by atoms with Gasteiger partial charge in [0.1, 0.15) is 11.5 Å². The summed E-state index contributed by atoms with van der Waals surface area (Å²) in [6.45, 7) is 5.24. The number of hydrogen-bond acceptors (Lipinski definition) is 4. The van der Waals surface area contributed by atoms with Gasteiger partial charge in [-0.05, 0) is 31.9 Å². The van der Waals surface area contributed by atoms with E-state index in [0.29, 0.717) is 11.1 Å². The highest BCUT2D eigenvalue weighted by molar-refractivity contribution is 6.21. The minimum absolute atomic E-state index is 0.0351. The van der Waals surface area contributed by atoms with Crippen LogP contribution in [0.25, 0.3) is 5.57 Å². The van der Waals surface area contributed by atoms with E-state index in [9.17, 15) is 14.7 Å². The van der Waals surface area contributed by atoms with Crippen molar-refractivity contribution in [3.63, 3.8) is 0 Å². The minimum Gasteiger partial charge on any atom is -0.480 e. The predicted octanol–water partition coefficient (Wildman–Crippen LogP) is 1.88. The van der Waals surface area contributed by atoms with E-state index in [1.54, 1.807) is 45.0 Å². The Labute approximate surface area is 117 Å². The van der Waals surface area contributed by atoms with Gasteiger partial charge in [0.05, 0.1) is 5.57 Å². The van der Waals surface area contributed by atoms with Crippen LogP contribution in [0.15, 0.2) is 30.0 Å². The molecule has 0 bridgehead atoms. The average molecular weight is 275 g/mol. The van der Waals surface area contributed by atoms with Gasteiger partial charge in [-0.2, -0.15) is 0 Å². The molecule has 20 heavy (non-hydrogen) atoms. The van der Waals surface area contributed by atoms with Crippen molar-refractivity contribution >= 4 is 17.5 Å². The summed E-state index contributed by atoms with van der Waals surface area (Å²) in [7, 11) is 0. The summed E-state index contributed by atoms with van der Waals surface area (Å²) < 4.78 is 5.31. The van der Waals surface area contributed by atoms with Crippen molar-refractivity contribution in [3.8, 4) is 0 Å². The van der Waals surface area contributed by atoms with E-state index in [1.165, 1.54) is 0 Å². The van der Waals surface area contributed by atoms with Crippen LogP contribution >= 0.6 is 0 Å². The molecule has 2 rings (SSSR count). The molecule has 0 saturated carbocycles. The van der Waals surface area contributed by atoms with Crippen LogP contribution in [-0.4, -0.2) is 22.6 Å². The monoisotopic (exact) mass is 275 g/mol. The largest absolute Gasteiger partial charge is 0.480 e. The number of carbonyl (C=O) groups is 2. The first-order valence-corrected chi connectivity index (χ1v) is 6.27. The predicted molar refractivity (Wildman–Crippen MR) is 73.8 cm³/mol. The summed E-state index contributed by atoms with van der Waals surface area (Å²) in [5.41, 5.74) is 6.48. The number of carboxylic acid groups (broad SMARTS) is 1. The van der Waals surface area contributed by atoms with Crippen molar-refractivity contribution in [2.45, 2.75) is 32.3 Å². The SMILES string of the molecule is CC(C)(C)OC(=O)C1=C(N)C(C(=O)O)c2ccccc21. The second kappa shape index (κ2) is 4.67. The molecule has 0 spiro atoms. The molecule has 0 fully saturated rings. The van der Waals surface area contributed by atoms with Gasteiger partial charge in [-0.3, -0.25) is 4.79 Å². The highest BCUT2D eigenvalue weighted by atomic mass is 16.6. The first-order valence-electron chi connectivity index (χ1n) is 6.27. The van der Waals surface area contributed by atoms with E-state index in [0.717, 1.165) is 0 Å². The van der Waals surface area contributed by atoms with Crippen LogP contribution in [0.1, 0.15) is 37.8 Å². The first-order chi connectivity index (χ1) is 9.22. The number of hydrogen-bond donors (Lipinski definition) is 2. The quantitative estimate of drug-likeness (QED) is 0.804. The van der Waals surface area contributed by atoms with Gasteiger partial charge >= 0.3 is 11.9 Å². The Morgan fingerprint density at radius 3 is 2.40 bits per heavy atom. The zero-order valence-electron chi connectivity index (χ0n) is 11.6. The topological polar surface area (TPSA) is 89.6 Å². The highest BCUT2D eigenvalue weighted by Crippen LogP contribution is 2.40. The molecule has 1 aliphatic rings. The van der Waals surface area contributed by atoms with Crippen LogP contribution in [-0.2, 0) is 14.3 Å². The minimum atomic E-state index is -1.08. The maximum absolute atomic E-state index is 12.2. The molecule has 1 aromatic carbocycles. The number of rotatable bonds is 2. The first kappa shape index (κ1) is 14.1. The maximum atomic E-state index is 12.2. The van der Waals surface area contributed by atoms with Crippen LogP contribution in [0, 0.1) is 0 Å². The number of carboxylic acids is 1. The molecular formula is C15H17NO4. The molecular weight excluding hydrogens is 258 g/mol. The lowest BCUT2D eigenvalue weighted by atomic mass is 9.99. The number of fused-ring (bicyclic) bond motifs is 1. The van der Waals surface area contributed by atoms with E-state index in [-0.39, 0.29) is 11.3 Å². The van der Waals surface area contributed by atoms with Crippen molar-refractivity contribution < 1.29 is 19.4 Å². The molecule has 1 aliphatic carbocycles. The van der Waals surface area contributed by atoms with Gasteiger partial charge < -0.3 is 15.6 Å². The van der Waals surface area contributed by atoms with Gasteiger partial charge in [0.2, 0.25) is 0 Å². The molecule has 0 radical (unpaired) electrons. The Bertz CT molecular complexity index is 611. The molecule has 5 heteroatoms. The molecule has 3 N–H and O–H groups in total. The average Bonchev–Trinajstić information content (AvgIpc) is 2.58. The molecule has 0 aliphatic heterocycles. The Morgan fingerprint density at radius 1 is 1.25 bits per heavy atom. The third-order valence-electron chi connectivity index (χ3n) is 2.99. The van der Waals surface area contributed by atoms with Gasteiger partial charge in [-0.25, -0.2) is 4.79 Å². The Kier molecular flexibility index (Phi) is 3.29. The summed E-state index contributed by atoms with van der Waals surface area (Å²) in [4.78, 5) is 23.6. The number of nitrogens with two attached hydrogens (primary N) is 1. The van der Waals surface area contributed by atoms with Crippen molar-refractivity contribution in [1.82, 2.24) is 0 Å². The van der Waals surface area contributed by atoms with Gasteiger partial charge in [0, 0.05) is 5.70 Å². The zero-order chi connectivity index (χ0) is 15.1. The van der Waals surface area contributed by atoms with E-state index in [4.69, 9.17) is 10.5 Å². The number of esters is 1. The second-order valence-electron chi connectivity index (χ2n) is 5.69. The molecule has 0 saturated heterocycles. The second-order valence-corrected chi connectivity index (χ2v) is 5.69. The fraction of sp³-hybridized carbons (Fsp3) is 0.333. The zero-order valence-corrected chi connectivity index (χ0v) is 11.6. The number of carbonyl (C=O) groups excluding carboxylic acids is 1. The van der Waals surface area contributed by atoms with E-state index in [1.807, 2.05) is 0 Å². The van der Waals surface area contributed by atoms with Gasteiger partial charge in [0.25, 0.3) is 0 Å². The molecule has 0 heterocycles. The standard InChI is InChI=1S/C15H17NO4/c1-15(2,3)20-14(19)11-9-7-5-4-6-8(9)10(12(11)16)13(17)18/h4-7,10H,16H2,1-3H3,(H,17,18). The Hall–Kier alpha value is -2.30. The lowest BCUT2D eigenvalue weighted by molar-refractivity contribution is -0.147. The van der Waals surface area contributed by atoms with Crippen molar-refractivity contribution in [2.24, 2.45) is 5.73 Å². The van der Waals surface area contributed by atoms with Crippen molar-refractivity contribution in [3.05, 3.63) is 41.1 Å². The molecule has 1 unspecified atom stereocenters. The third-order valence-corrected chi connectivity index (χ3v) is 2.99. The summed E-state index contributed by atoms with van der Waals surface area (Å²) in [6, 6.07) is 6.81. The maximum Gasteiger partial charge on any atom is 0.341 e. The van der Waals surface area contributed by atoms with Crippen molar-refractivity contribution in [1.29, 1.82) is 0 Å². The molecule has 0 aromatic heterocycles. The molecule has 1 atom stereocenters. The smallest absolute Gasteiger partial charge is 0.341 e. The molecule has 5 nitrogen and oxygen atoms in total. The highest BCUT2D eigenvalue weighted by Gasteiger charge is 2.38. The van der Waals surface area contributed by atoms with Gasteiger partial charge in [-0.1, -0.05) is 24.3 Å². The number of benzene rings is 1.